The van der Waals surface area contributed by atoms with Crippen LogP contribution in [-0.4, -0.2) is 14.8 Å². The van der Waals surface area contributed by atoms with Gasteiger partial charge in [0, 0.05) is 30.6 Å². The summed E-state index contributed by atoms with van der Waals surface area (Å²) < 4.78 is 1.60. The lowest BCUT2D eigenvalue weighted by molar-refractivity contribution is 0.845. The summed E-state index contributed by atoms with van der Waals surface area (Å²) >= 11 is 0. The molecule has 0 bridgehead atoms. The summed E-state index contributed by atoms with van der Waals surface area (Å²) in [5.74, 6) is 0.619. The molecule has 0 aliphatic rings. The molecule has 2 heterocycles. The van der Waals surface area contributed by atoms with Crippen molar-refractivity contribution in [3.05, 3.63) is 41.9 Å². The molecule has 74 valence electrons. The summed E-state index contributed by atoms with van der Waals surface area (Å²) in [6.07, 6.45) is 5.06. The minimum atomic E-state index is 0.442. The summed E-state index contributed by atoms with van der Waals surface area (Å²) in [4.78, 5) is 4.11. The highest BCUT2D eigenvalue weighted by atomic mass is 15.3. The molecule has 2 aromatic heterocycles. The molecule has 0 fully saturated rings. The van der Waals surface area contributed by atoms with Crippen LogP contribution in [0.3, 0.4) is 0 Å². The van der Waals surface area contributed by atoms with Gasteiger partial charge in [0.05, 0.1) is 17.8 Å². The monoisotopic (exact) mass is 199 g/mol. The SMILES string of the molecule is N#Cc1ccnc(-n2cc(CN)cn2)c1. The van der Waals surface area contributed by atoms with Crippen molar-refractivity contribution in [3.63, 3.8) is 0 Å². The summed E-state index contributed by atoms with van der Waals surface area (Å²) in [7, 11) is 0. The first-order chi connectivity index (χ1) is 7.33. The molecule has 15 heavy (non-hydrogen) atoms. The zero-order valence-electron chi connectivity index (χ0n) is 7.96. The molecule has 2 N–H and O–H groups in total. The summed E-state index contributed by atoms with van der Waals surface area (Å²) in [6, 6.07) is 5.38. The quantitative estimate of drug-likeness (QED) is 0.767. The summed E-state index contributed by atoms with van der Waals surface area (Å²) in [5, 5.41) is 12.8. The topological polar surface area (TPSA) is 80.5 Å². The molecule has 0 aromatic carbocycles. The fourth-order valence-corrected chi connectivity index (χ4v) is 1.20. The number of nitrogens with two attached hydrogens (primary N) is 1. The van der Waals surface area contributed by atoms with E-state index in [-0.39, 0.29) is 0 Å². The number of aromatic nitrogens is 3. The summed E-state index contributed by atoms with van der Waals surface area (Å²) in [5.41, 5.74) is 6.96. The third kappa shape index (κ3) is 1.85. The molecule has 0 spiro atoms. The molecular formula is C10H9N5. The molecule has 0 aliphatic carbocycles. The van der Waals surface area contributed by atoms with Crippen LogP contribution in [-0.2, 0) is 6.54 Å². The van der Waals surface area contributed by atoms with Gasteiger partial charge in [-0.3, -0.25) is 0 Å². The maximum Gasteiger partial charge on any atom is 0.154 e. The van der Waals surface area contributed by atoms with Crippen LogP contribution in [0.25, 0.3) is 5.82 Å². The highest BCUT2D eigenvalue weighted by molar-refractivity contribution is 5.35. The number of nitrogens with zero attached hydrogens (tertiary/aromatic N) is 4. The molecule has 0 saturated heterocycles. The van der Waals surface area contributed by atoms with Gasteiger partial charge < -0.3 is 5.73 Å². The maximum atomic E-state index is 8.73. The second-order valence-electron chi connectivity index (χ2n) is 3.01. The lowest BCUT2D eigenvalue weighted by Gasteiger charge is -1.98. The van der Waals surface area contributed by atoms with Crippen LogP contribution in [0.15, 0.2) is 30.7 Å². The fourth-order valence-electron chi connectivity index (χ4n) is 1.20. The van der Waals surface area contributed by atoms with E-state index in [9.17, 15) is 0 Å². The van der Waals surface area contributed by atoms with E-state index in [0.29, 0.717) is 17.9 Å². The molecule has 0 radical (unpaired) electrons. The van der Waals surface area contributed by atoms with E-state index in [1.165, 1.54) is 0 Å². The van der Waals surface area contributed by atoms with Crippen LogP contribution >= 0.6 is 0 Å². The number of pyridine rings is 1. The zero-order valence-corrected chi connectivity index (χ0v) is 7.96. The Labute approximate surface area is 86.8 Å². The largest absolute Gasteiger partial charge is 0.326 e. The van der Waals surface area contributed by atoms with Gasteiger partial charge in [-0.25, -0.2) is 9.67 Å². The van der Waals surface area contributed by atoms with E-state index in [4.69, 9.17) is 11.0 Å². The Morgan fingerprint density at radius 3 is 3.07 bits per heavy atom. The van der Waals surface area contributed by atoms with Crippen molar-refractivity contribution in [3.8, 4) is 11.9 Å². The Morgan fingerprint density at radius 1 is 1.53 bits per heavy atom. The van der Waals surface area contributed by atoms with Crippen LogP contribution in [0.5, 0.6) is 0 Å². The normalized spacial score (nSPS) is 9.87. The van der Waals surface area contributed by atoms with Crippen molar-refractivity contribution >= 4 is 0 Å². The standard InChI is InChI=1S/C10H9N5/c11-4-8-1-2-13-10(3-8)15-7-9(5-12)6-14-15/h1-3,6-7H,5,12H2. The molecular weight excluding hydrogens is 190 g/mol. The summed E-state index contributed by atoms with van der Waals surface area (Å²) in [6.45, 7) is 0.442. The van der Waals surface area contributed by atoms with Gasteiger partial charge in [-0.05, 0) is 6.07 Å². The van der Waals surface area contributed by atoms with Crippen LogP contribution in [0.1, 0.15) is 11.1 Å². The highest BCUT2D eigenvalue weighted by Gasteiger charge is 2.01. The van der Waals surface area contributed by atoms with Gasteiger partial charge in [-0.1, -0.05) is 0 Å². The molecule has 2 aromatic rings. The predicted octanol–water partition coefficient (Wildman–Crippen LogP) is 0.598. The van der Waals surface area contributed by atoms with Crippen molar-refractivity contribution in [1.82, 2.24) is 14.8 Å². The second kappa shape index (κ2) is 3.90. The van der Waals surface area contributed by atoms with Gasteiger partial charge in [0.25, 0.3) is 0 Å². The van der Waals surface area contributed by atoms with Gasteiger partial charge in [0.2, 0.25) is 0 Å². The molecule has 0 atom stereocenters. The van der Waals surface area contributed by atoms with E-state index >= 15 is 0 Å². The van der Waals surface area contributed by atoms with Crippen molar-refractivity contribution < 1.29 is 0 Å². The van der Waals surface area contributed by atoms with Crippen LogP contribution in [0.4, 0.5) is 0 Å². The van der Waals surface area contributed by atoms with Crippen molar-refractivity contribution in [2.24, 2.45) is 5.73 Å². The van der Waals surface area contributed by atoms with Gasteiger partial charge in [0.1, 0.15) is 0 Å². The number of hydrogen-bond acceptors (Lipinski definition) is 4. The lowest BCUT2D eigenvalue weighted by atomic mass is 10.3. The minimum absolute atomic E-state index is 0.442. The number of hydrogen-bond donors (Lipinski definition) is 1. The Kier molecular flexibility index (Phi) is 2.44. The molecule has 5 nitrogen and oxygen atoms in total. The van der Waals surface area contributed by atoms with E-state index in [1.807, 2.05) is 0 Å². The first-order valence-corrected chi connectivity index (χ1v) is 4.43. The smallest absolute Gasteiger partial charge is 0.154 e. The molecule has 0 aliphatic heterocycles. The molecule has 2 rings (SSSR count). The van der Waals surface area contributed by atoms with Crippen LogP contribution < -0.4 is 5.73 Å². The van der Waals surface area contributed by atoms with Crippen LogP contribution in [0, 0.1) is 11.3 Å². The predicted molar refractivity (Wildman–Crippen MR) is 54.0 cm³/mol. The number of rotatable bonds is 2. The Balaban J connectivity index is 2.41. The van der Waals surface area contributed by atoms with E-state index in [0.717, 1.165) is 5.56 Å². The van der Waals surface area contributed by atoms with E-state index < -0.39 is 0 Å². The fraction of sp³-hybridized carbons (Fsp3) is 0.100. The molecule has 0 saturated carbocycles. The molecule has 5 heteroatoms. The van der Waals surface area contributed by atoms with Crippen molar-refractivity contribution in [2.45, 2.75) is 6.54 Å². The van der Waals surface area contributed by atoms with Gasteiger partial charge >= 0.3 is 0 Å². The zero-order chi connectivity index (χ0) is 10.7. The van der Waals surface area contributed by atoms with Crippen LogP contribution in [0.2, 0.25) is 0 Å². The first-order valence-electron chi connectivity index (χ1n) is 4.43. The third-order valence-electron chi connectivity index (χ3n) is 1.98. The average Bonchev–Trinajstić information content (AvgIpc) is 2.78. The first kappa shape index (κ1) is 9.37. The number of nitriles is 1. The molecule has 0 amide bonds. The lowest BCUT2D eigenvalue weighted by Crippen LogP contribution is -1.98. The second-order valence-corrected chi connectivity index (χ2v) is 3.01. The van der Waals surface area contributed by atoms with Crippen molar-refractivity contribution in [1.29, 1.82) is 5.26 Å². The van der Waals surface area contributed by atoms with Gasteiger partial charge in [-0.2, -0.15) is 10.4 Å². The maximum absolute atomic E-state index is 8.73. The Hall–Kier alpha value is -2.19. The Bertz CT molecular complexity index is 509. The van der Waals surface area contributed by atoms with Crippen molar-refractivity contribution in [2.75, 3.05) is 0 Å². The van der Waals surface area contributed by atoms with E-state index in [2.05, 4.69) is 16.2 Å². The minimum Gasteiger partial charge on any atom is -0.326 e. The third-order valence-corrected chi connectivity index (χ3v) is 1.98. The van der Waals surface area contributed by atoms with Gasteiger partial charge in [0.15, 0.2) is 5.82 Å². The van der Waals surface area contributed by atoms with E-state index in [1.54, 1.807) is 35.4 Å². The highest BCUT2D eigenvalue weighted by Crippen LogP contribution is 2.06. The van der Waals surface area contributed by atoms with Gasteiger partial charge in [-0.15, -0.1) is 0 Å². The molecule has 0 unspecified atom stereocenters. The average molecular weight is 199 g/mol. The Morgan fingerprint density at radius 2 is 2.40 bits per heavy atom.